The van der Waals surface area contributed by atoms with Crippen LogP contribution in [0.5, 0.6) is 0 Å². The number of nitrogens with zero attached hydrogens (tertiary/aromatic N) is 1. The van der Waals surface area contributed by atoms with Crippen LogP contribution in [-0.2, 0) is 0 Å². The molecule has 0 heterocycles. The quantitative estimate of drug-likeness (QED) is 0.678. The Morgan fingerprint density at radius 2 is 1.85 bits per heavy atom. The molecule has 0 atom stereocenters. The van der Waals surface area contributed by atoms with Crippen molar-refractivity contribution in [2.45, 2.75) is 0 Å². The maximum Gasteiger partial charge on any atom is 0.272 e. The van der Waals surface area contributed by atoms with Crippen LogP contribution < -0.4 is 5.43 Å². The second kappa shape index (κ2) is 6.50. The van der Waals surface area contributed by atoms with Crippen LogP contribution in [0.3, 0.4) is 0 Å². The highest BCUT2D eigenvalue weighted by Gasteiger charge is 2.09. The van der Waals surface area contributed by atoms with Gasteiger partial charge < -0.3 is 0 Å². The SMILES string of the molecule is O=C(NN=Cc1ccc(F)cc1)c1ccc(Cl)cc1Cl. The molecule has 0 aliphatic heterocycles. The topological polar surface area (TPSA) is 41.5 Å². The molecule has 1 amide bonds. The Balaban J connectivity index is 2.03. The fourth-order valence-electron chi connectivity index (χ4n) is 1.45. The highest BCUT2D eigenvalue weighted by atomic mass is 35.5. The van der Waals surface area contributed by atoms with E-state index >= 15 is 0 Å². The maximum atomic E-state index is 12.7. The lowest BCUT2D eigenvalue weighted by Gasteiger charge is -2.02. The predicted molar refractivity (Wildman–Crippen MR) is 77.9 cm³/mol. The zero-order valence-electron chi connectivity index (χ0n) is 10.1. The van der Waals surface area contributed by atoms with E-state index in [0.29, 0.717) is 10.6 Å². The van der Waals surface area contributed by atoms with E-state index in [-0.39, 0.29) is 16.4 Å². The molecule has 0 aliphatic rings. The number of nitrogens with one attached hydrogen (secondary N) is 1. The van der Waals surface area contributed by atoms with Crippen LogP contribution >= 0.6 is 23.2 Å². The third kappa shape index (κ3) is 3.79. The molecule has 0 bridgehead atoms. The Morgan fingerprint density at radius 3 is 2.50 bits per heavy atom. The van der Waals surface area contributed by atoms with E-state index in [1.54, 1.807) is 18.2 Å². The van der Waals surface area contributed by atoms with Crippen molar-refractivity contribution >= 4 is 35.3 Å². The smallest absolute Gasteiger partial charge is 0.267 e. The molecule has 1 N–H and O–H groups in total. The van der Waals surface area contributed by atoms with Crippen LogP contribution in [0.4, 0.5) is 4.39 Å². The van der Waals surface area contributed by atoms with Crippen LogP contribution in [0.25, 0.3) is 0 Å². The summed E-state index contributed by atoms with van der Waals surface area (Å²) in [6.45, 7) is 0. The number of carbonyl (C=O) groups is 1. The lowest BCUT2D eigenvalue weighted by molar-refractivity contribution is 0.0955. The summed E-state index contributed by atoms with van der Waals surface area (Å²) in [7, 11) is 0. The summed E-state index contributed by atoms with van der Waals surface area (Å²) >= 11 is 11.6. The van der Waals surface area contributed by atoms with Gasteiger partial charge in [-0.15, -0.1) is 0 Å². The Kier molecular flexibility index (Phi) is 4.71. The van der Waals surface area contributed by atoms with Crippen molar-refractivity contribution in [1.82, 2.24) is 5.43 Å². The number of hydrogen-bond acceptors (Lipinski definition) is 2. The minimum Gasteiger partial charge on any atom is -0.267 e. The van der Waals surface area contributed by atoms with Gasteiger partial charge in [-0.2, -0.15) is 5.10 Å². The predicted octanol–water partition coefficient (Wildman–Crippen LogP) is 3.90. The van der Waals surface area contributed by atoms with Crippen molar-refractivity contribution in [1.29, 1.82) is 0 Å². The van der Waals surface area contributed by atoms with Gasteiger partial charge in [0.05, 0.1) is 16.8 Å². The van der Waals surface area contributed by atoms with Gasteiger partial charge in [0.2, 0.25) is 0 Å². The Hall–Kier alpha value is -1.91. The maximum absolute atomic E-state index is 12.7. The van der Waals surface area contributed by atoms with Gasteiger partial charge in [0.1, 0.15) is 5.82 Å². The van der Waals surface area contributed by atoms with Gasteiger partial charge in [0.25, 0.3) is 5.91 Å². The molecule has 0 unspecified atom stereocenters. The summed E-state index contributed by atoms with van der Waals surface area (Å²) in [5, 5.41) is 4.46. The monoisotopic (exact) mass is 310 g/mol. The number of hydrogen-bond donors (Lipinski definition) is 1. The van der Waals surface area contributed by atoms with Crippen LogP contribution in [0.1, 0.15) is 15.9 Å². The first kappa shape index (κ1) is 14.5. The fraction of sp³-hybridized carbons (Fsp3) is 0. The van der Waals surface area contributed by atoms with Gasteiger partial charge in [-0.3, -0.25) is 4.79 Å². The largest absolute Gasteiger partial charge is 0.272 e. The third-order valence-electron chi connectivity index (χ3n) is 2.43. The Bertz CT molecular complexity index is 657. The molecule has 0 saturated carbocycles. The van der Waals surface area contributed by atoms with Crippen molar-refractivity contribution in [3.8, 4) is 0 Å². The van der Waals surface area contributed by atoms with Crippen LogP contribution in [0, 0.1) is 5.82 Å². The first-order chi connectivity index (χ1) is 9.56. The molecule has 3 nitrogen and oxygen atoms in total. The van der Waals surface area contributed by atoms with E-state index in [1.165, 1.54) is 30.5 Å². The number of amides is 1. The van der Waals surface area contributed by atoms with Gasteiger partial charge in [-0.05, 0) is 35.9 Å². The molecule has 0 spiro atoms. The molecular weight excluding hydrogens is 302 g/mol. The standard InChI is InChI=1S/C14H9Cl2FN2O/c15-10-3-6-12(13(16)7-10)14(20)19-18-8-9-1-4-11(17)5-2-9/h1-8H,(H,19,20). The number of halogens is 3. The van der Waals surface area contributed by atoms with E-state index in [4.69, 9.17) is 23.2 Å². The van der Waals surface area contributed by atoms with Gasteiger partial charge in [0, 0.05) is 5.02 Å². The second-order valence-corrected chi connectivity index (χ2v) is 4.72. The first-order valence-electron chi connectivity index (χ1n) is 5.60. The molecule has 2 aromatic carbocycles. The zero-order chi connectivity index (χ0) is 14.5. The minimum absolute atomic E-state index is 0.243. The third-order valence-corrected chi connectivity index (χ3v) is 2.97. The summed E-state index contributed by atoms with van der Waals surface area (Å²) < 4.78 is 12.7. The summed E-state index contributed by atoms with van der Waals surface area (Å²) in [5.41, 5.74) is 3.26. The van der Waals surface area contributed by atoms with Gasteiger partial charge in [-0.1, -0.05) is 35.3 Å². The number of rotatable bonds is 3. The fourth-order valence-corrected chi connectivity index (χ4v) is 1.94. The lowest BCUT2D eigenvalue weighted by Crippen LogP contribution is -2.18. The van der Waals surface area contributed by atoms with Gasteiger partial charge in [-0.25, -0.2) is 9.82 Å². The number of hydrazone groups is 1. The van der Waals surface area contributed by atoms with Crippen molar-refractivity contribution in [3.05, 3.63) is 69.5 Å². The molecule has 2 aromatic rings. The molecule has 102 valence electrons. The molecule has 20 heavy (non-hydrogen) atoms. The molecule has 0 saturated heterocycles. The van der Waals surface area contributed by atoms with Crippen molar-refractivity contribution in [2.75, 3.05) is 0 Å². The van der Waals surface area contributed by atoms with E-state index in [0.717, 1.165) is 0 Å². The van der Waals surface area contributed by atoms with Crippen LogP contribution in [0.15, 0.2) is 47.6 Å². The van der Waals surface area contributed by atoms with Crippen molar-refractivity contribution in [2.24, 2.45) is 5.10 Å². The van der Waals surface area contributed by atoms with Crippen LogP contribution in [0.2, 0.25) is 10.0 Å². The highest BCUT2D eigenvalue weighted by Crippen LogP contribution is 2.20. The minimum atomic E-state index is -0.454. The highest BCUT2D eigenvalue weighted by molar-refractivity contribution is 6.36. The lowest BCUT2D eigenvalue weighted by atomic mass is 10.2. The normalized spacial score (nSPS) is 10.8. The Morgan fingerprint density at radius 1 is 1.15 bits per heavy atom. The Labute approximate surface area is 125 Å². The second-order valence-electron chi connectivity index (χ2n) is 3.87. The van der Waals surface area contributed by atoms with E-state index in [1.807, 2.05) is 0 Å². The zero-order valence-corrected chi connectivity index (χ0v) is 11.6. The molecule has 0 fully saturated rings. The average Bonchev–Trinajstić information content (AvgIpc) is 2.41. The first-order valence-corrected chi connectivity index (χ1v) is 6.36. The van der Waals surface area contributed by atoms with Crippen molar-refractivity contribution in [3.63, 3.8) is 0 Å². The van der Waals surface area contributed by atoms with Gasteiger partial charge in [0.15, 0.2) is 0 Å². The summed E-state index contributed by atoms with van der Waals surface area (Å²) in [6.07, 6.45) is 1.40. The van der Waals surface area contributed by atoms with Crippen molar-refractivity contribution < 1.29 is 9.18 Å². The molecule has 0 aliphatic carbocycles. The van der Waals surface area contributed by atoms with Crippen LogP contribution in [-0.4, -0.2) is 12.1 Å². The van der Waals surface area contributed by atoms with E-state index < -0.39 is 5.91 Å². The molecule has 0 radical (unpaired) electrons. The number of carbonyl (C=O) groups excluding carboxylic acids is 1. The van der Waals surface area contributed by atoms with E-state index in [9.17, 15) is 9.18 Å². The average molecular weight is 311 g/mol. The molecule has 6 heteroatoms. The van der Waals surface area contributed by atoms with Gasteiger partial charge >= 0.3 is 0 Å². The van der Waals surface area contributed by atoms with E-state index in [2.05, 4.69) is 10.5 Å². The molecule has 0 aromatic heterocycles. The molecular formula is C14H9Cl2FN2O. The summed E-state index contributed by atoms with van der Waals surface area (Å²) in [6, 6.07) is 10.2. The summed E-state index contributed by atoms with van der Waals surface area (Å²) in [5.74, 6) is -0.788. The molecule has 2 rings (SSSR count). The number of benzene rings is 2. The summed E-state index contributed by atoms with van der Waals surface area (Å²) in [4.78, 5) is 11.8.